The SMILES string of the molecule is CNC(=O)C(CC(C)(C)C)NC(=O)c1nc(-c2ccc(Cl)c(F)c2)n2c1CN(C)CCC2. The molecule has 0 bridgehead atoms. The number of aromatic nitrogens is 2. The van der Waals surface area contributed by atoms with Gasteiger partial charge in [0, 0.05) is 25.7 Å². The molecule has 2 N–H and O–H groups in total. The first kappa shape index (κ1) is 24.2. The Balaban J connectivity index is 2.03. The van der Waals surface area contributed by atoms with Crippen LogP contribution in [0.3, 0.4) is 0 Å². The van der Waals surface area contributed by atoms with Crippen LogP contribution < -0.4 is 10.6 Å². The summed E-state index contributed by atoms with van der Waals surface area (Å²) in [6, 6.07) is 3.83. The molecule has 1 aromatic carbocycles. The number of carbonyl (C=O) groups is 2. The predicted molar refractivity (Wildman–Crippen MR) is 123 cm³/mol. The zero-order valence-corrected chi connectivity index (χ0v) is 20.0. The third-order valence-corrected chi connectivity index (χ3v) is 5.80. The number of amides is 2. The molecule has 0 saturated carbocycles. The van der Waals surface area contributed by atoms with Gasteiger partial charge in [0.05, 0.1) is 10.7 Å². The first-order chi connectivity index (χ1) is 15.0. The summed E-state index contributed by atoms with van der Waals surface area (Å²) in [7, 11) is 3.54. The molecule has 0 spiro atoms. The van der Waals surface area contributed by atoms with Crippen LogP contribution in [0.4, 0.5) is 4.39 Å². The maximum Gasteiger partial charge on any atom is 0.272 e. The third-order valence-electron chi connectivity index (χ3n) is 5.49. The molecule has 3 rings (SSSR count). The molecule has 2 heterocycles. The molecule has 9 heteroatoms. The number of imidazole rings is 1. The van der Waals surface area contributed by atoms with Gasteiger partial charge in [0.15, 0.2) is 5.69 Å². The number of nitrogens with one attached hydrogen (secondary N) is 2. The van der Waals surface area contributed by atoms with Crippen LogP contribution in [0.15, 0.2) is 18.2 Å². The van der Waals surface area contributed by atoms with E-state index in [2.05, 4.69) is 20.5 Å². The Kier molecular flexibility index (Phi) is 7.25. The van der Waals surface area contributed by atoms with E-state index >= 15 is 0 Å². The summed E-state index contributed by atoms with van der Waals surface area (Å²) in [6.45, 7) is 8.08. The van der Waals surface area contributed by atoms with Gasteiger partial charge in [-0.05, 0) is 50.0 Å². The molecule has 0 radical (unpaired) electrons. The molecule has 7 nitrogen and oxygen atoms in total. The molecule has 2 amide bonds. The van der Waals surface area contributed by atoms with Crippen molar-refractivity contribution in [3.05, 3.63) is 40.4 Å². The van der Waals surface area contributed by atoms with E-state index in [1.807, 2.05) is 32.4 Å². The van der Waals surface area contributed by atoms with Gasteiger partial charge in [0.2, 0.25) is 5.91 Å². The van der Waals surface area contributed by atoms with Gasteiger partial charge in [-0.25, -0.2) is 9.37 Å². The fourth-order valence-electron chi connectivity index (χ4n) is 3.98. The minimum atomic E-state index is -0.690. The van der Waals surface area contributed by atoms with E-state index in [4.69, 9.17) is 11.6 Å². The van der Waals surface area contributed by atoms with Gasteiger partial charge in [-0.2, -0.15) is 0 Å². The second-order valence-corrected chi connectivity index (χ2v) is 9.91. The van der Waals surface area contributed by atoms with Crippen molar-refractivity contribution in [3.63, 3.8) is 0 Å². The predicted octanol–water partition coefficient (Wildman–Crippen LogP) is 3.46. The highest BCUT2D eigenvalue weighted by Gasteiger charge is 2.30. The molecule has 0 aliphatic carbocycles. The zero-order chi connectivity index (χ0) is 23.6. The molecule has 1 aliphatic rings. The number of carbonyl (C=O) groups excluding carboxylic acids is 2. The quantitative estimate of drug-likeness (QED) is 0.711. The Labute approximate surface area is 193 Å². The van der Waals surface area contributed by atoms with Gasteiger partial charge in [-0.3, -0.25) is 9.59 Å². The smallest absolute Gasteiger partial charge is 0.272 e. The average Bonchev–Trinajstić information content (AvgIpc) is 2.94. The van der Waals surface area contributed by atoms with E-state index in [1.165, 1.54) is 12.1 Å². The number of halogens is 2. The zero-order valence-electron chi connectivity index (χ0n) is 19.3. The van der Waals surface area contributed by atoms with Crippen LogP contribution in [0.1, 0.15) is 49.8 Å². The van der Waals surface area contributed by atoms with Crippen molar-refractivity contribution in [2.75, 3.05) is 20.6 Å². The Morgan fingerprint density at radius 2 is 2.00 bits per heavy atom. The van der Waals surface area contributed by atoms with Crippen LogP contribution in [0.5, 0.6) is 0 Å². The van der Waals surface area contributed by atoms with Crippen LogP contribution in [-0.2, 0) is 17.9 Å². The van der Waals surface area contributed by atoms with E-state index in [1.54, 1.807) is 13.1 Å². The number of benzene rings is 1. The standard InChI is InChI=1S/C23H31ClFN5O2/c1-23(2,3)12-17(21(31)26-4)27-22(32)19-18-13-29(5)9-6-10-30(18)20(28-19)14-7-8-15(24)16(25)11-14/h7-8,11,17H,6,9-10,12-13H2,1-5H3,(H,26,31)(H,27,32). The van der Waals surface area contributed by atoms with Crippen molar-refractivity contribution in [1.82, 2.24) is 25.1 Å². The minimum absolute atomic E-state index is 0.0321. The Bertz CT molecular complexity index is 1010. The molecule has 1 aliphatic heterocycles. The minimum Gasteiger partial charge on any atom is -0.357 e. The Morgan fingerprint density at radius 3 is 2.62 bits per heavy atom. The number of hydrogen-bond acceptors (Lipinski definition) is 4. The van der Waals surface area contributed by atoms with E-state index in [-0.39, 0.29) is 22.0 Å². The molecular formula is C23H31ClFN5O2. The largest absolute Gasteiger partial charge is 0.357 e. The fourth-order valence-corrected chi connectivity index (χ4v) is 4.10. The lowest BCUT2D eigenvalue weighted by atomic mass is 9.87. The summed E-state index contributed by atoms with van der Waals surface area (Å²) in [5.74, 6) is -0.690. The molecule has 0 saturated heterocycles. The van der Waals surface area contributed by atoms with E-state index < -0.39 is 17.8 Å². The second kappa shape index (κ2) is 9.58. The first-order valence-electron chi connectivity index (χ1n) is 10.8. The van der Waals surface area contributed by atoms with Crippen molar-refractivity contribution in [2.45, 2.75) is 52.7 Å². The number of hydrogen-bond donors (Lipinski definition) is 2. The van der Waals surface area contributed by atoms with Crippen molar-refractivity contribution < 1.29 is 14.0 Å². The van der Waals surface area contributed by atoms with Crippen molar-refractivity contribution >= 4 is 23.4 Å². The van der Waals surface area contributed by atoms with Crippen LogP contribution in [-0.4, -0.2) is 52.9 Å². The summed E-state index contributed by atoms with van der Waals surface area (Å²) in [4.78, 5) is 32.5. The molecule has 2 aromatic rings. The maximum atomic E-state index is 14.2. The normalized spacial score (nSPS) is 15.6. The Morgan fingerprint density at radius 1 is 1.28 bits per heavy atom. The van der Waals surface area contributed by atoms with Gasteiger partial charge in [0.1, 0.15) is 17.7 Å². The van der Waals surface area contributed by atoms with E-state index in [0.717, 1.165) is 18.7 Å². The molecule has 1 unspecified atom stereocenters. The van der Waals surface area contributed by atoms with Crippen LogP contribution in [0, 0.1) is 11.2 Å². The fraction of sp³-hybridized carbons (Fsp3) is 0.522. The molecular weight excluding hydrogens is 433 g/mol. The monoisotopic (exact) mass is 463 g/mol. The summed E-state index contributed by atoms with van der Waals surface area (Å²) in [5.41, 5.74) is 1.39. The van der Waals surface area contributed by atoms with E-state index in [9.17, 15) is 14.0 Å². The van der Waals surface area contributed by atoms with Crippen molar-refractivity contribution in [2.24, 2.45) is 5.41 Å². The number of fused-ring (bicyclic) bond motifs is 1. The molecule has 174 valence electrons. The van der Waals surface area contributed by atoms with Gasteiger partial charge >= 0.3 is 0 Å². The molecule has 32 heavy (non-hydrogen) atoms. The lowest BCUT2D eigenvalue weighted by Crippen LogP contribution is -2.47. The Hall–Kier alpha value is -2.45. The molecule has 1 aromatic heterocycles. The average molecular weight is 464 g/mol. The molecule has 1 atom stereocenters. The highest BCUT2D eigenvalue weighted by atomic mass is 35.5. The topological polar surface area (TPSA) is 79.3 Å². The number of likely N-dealkylation sites (N-methyl/N-ethyl adjacent to an activating group) is 1. The van der Waals surface area contributed by atoms with Gasteiger partial charge < -0.3 is 20.1 Å². The van der Waals surface area contributed by atoms with Gasteiger partial charge in [0.25, 0.3) is 5.91 Å². The highest BCUT2D eigenvalue weighted by molar-refractivity contribution is 6.30. The number of rotatable bonds is 5. The summed E-state index contributed by atoms with van der Waals surface area (Å²) in [6.07, 6.45) is 1.35. The van der Waals surface area contributed by atoms with Gasteiger partial charge in [-0.1, -0.05) is 32.4 Å². The summed E-state index contributed by atoms with van der Waals surface area (Å²) < 4.78 is 16.1. The highest BCUT2D eigenvalue weighted by Crippen LogP contribution is 2.29. The lowest BCUT2D eigenvalue weighted by Gasteiger charge is -2.25. The molecule has 0 fully saturated rings. The summed E-state index contributed by atoms with van der Waals surface area (Å²) in [5, 5.41) is 5.53. The first-order valence-corrected chi connectivity index (χ1v) is 11.1. The van der Waals surface area contributed by atoms with Crippen LogP contribution >= 0.6 is 11.6 Å². The summed E-state index contributed by atoms with van der Waals surface area (Å²) >= 11 is 5.85. The van der Waals surface area contributed by atoms with Gasteiger partial charge in [-0.15, -0.1) is 0 Å². The second-order valence-electron chi connectivity index (χ2n) is 9.51. The lowest BCUT2D eigenvalue weighted by molar-refractivity contribution is -0.123. The van der Waals surface area contributed by atoms with Crippen LogP contribution in [0.2, 0.25) is 5.02 Å². The van der Waals surface area contributed by atoms with Crippen LogP contribution in [0.25, 0.3) is 11.4 Å². The maximum absolute atomic E-state index is 14.2. The third kappa shape index (κ3) is 5.48. The number of nitrogens with zero attached hydrogens (tertiary/aromatic N) is 3. The van der Waals surface area contributed by atoms with E-state index in [0.29, 0.717) is 30.9 Å². The van der Waals surface area contributed by atoms with Crippen molar-refractivity contribution in [1.29, 1.82) is 0 Å². The van der Waals surface area contributed by atoms with Crippen molar-refractivity contribution in [3.8, 4) is 11.4 Å².